The Labute approximate surface area is 101 Å². The van der Waals surface area contributed by atoms with Crippen LogP contribution < -0.4 is 5.73 Å². The molecular formula is C11H18N4S. The zero-order valence-corrected chi connectivity index (χ0v) is 10.2. The first-order valence-electron chi connectivity index (χ1n) is 5.78. The molecule has 16 heavy (non-hydrogen) atoms. The number of likely N-dealkylation sites (tertiary alicyclic amines) is 1. The van der Waals surface area contributed by atoms with E-state index in [4.69, 9.17) is 5.73 Å². The van der Waals surface area contributed by atoms with Crippen LogP contribution in [0, 0.1) is 0 Å². The van der Waals surface area contributed by atoms with Crippen molar-refractivity contribution in [2.24, 2.45) is 0 Å². The Morgan fingerprint density at radius 1 is 1.25 bits per heavy atom. The summed E-state index contributed by atoms with van der Waals surface area (Å²) < 4.78 is 0. The number of hydrogen-bond donors (Lipinski definition) is 1. The summed E-state index contributed by atoms with van der Waals surface area (Å²) in [6.45, 7) is 3.75. The molecule has 1 aliphatic rings. The standard InChI is InChI=1S/C11H18N4S/c12-10-11(14-5-4-13-10)16-9-3-8-15-6-1-2-7-15/h4-5H,1-3,6-9H2,(H2,12,13). The lowest BCUT2D eigenvalue weighted by Gasteiger charge is -2.13. The maximum Gasteiger partial charge on any atom is 0.156 e. The zero-order valence-electron chi connectivity index (χ0n) is 9.43. The monoisotopic (exact) mass is 238 g/mol. The SMILES string of the molecule is Nc1nccnc1SCCCN1CCCC1. The van der Waals surface area contributed by atoms with Gasteiger partial charge in [-0.1, -0.05) is 0 Å². The van der Waals surface area contributed by atoms with E-state index in [-0.39, 0.29) is 0 Å². The molecule has 1 saturated heterocycles. The molecule has 2 N–H and O–H groups in total. The average molecular weight is 238 g/mol. The molecule has 0 atom stereocenters. The maximum atomic E-state index is 5.72. The van der Waals surface area contributed by atoms with Gasteiger partial charge in [-0.25, -0.2) is 9.97 Å². The molecule has 0 radical (unpaired) electrons. The molecule has 1 aliphatic heterocycles. The van der Waals surface area contributed by atoms with Crippen molar-refractivity contribution in [2.45, 2.75) is 24.3 Å². The number of aromatic nitrogens is 2. The molecule has 0 aliphatic carbocycles. The van der Waals surface area contributed by atoms with E-state index < -0.39 is 0 Å². The number of hydrogen-bond acceptors (Lipinski definition) is 5. The predicted octanol–water partition coefficient (Wildman–Crippen LogP) is 1.64. The Balaban J connectivity index is 1.66. The first-order chi connectivity index (χ1) is 7.86. The fourth-order valence-electron chi connectivity index (χ4n) is 1.91. The van der Waals surface area contributed by atoms with E-state index in [1.54, 1.807) is 24.2 Å². The Bertz CT molecular complexity index is 326. The van der Waals surface area contributed by atoms with Crippen molar-refractivity contribution in [3.63, 3.8) is 0 Å². The minimum Gasteiger partial charge on any atom is -0.381 e. The van der Waals surface area contributed by atoms with Gasteiger partial charge in [0.2, 0.25) is 0 Å². The van der Waals surface area contributed by atoms with Crippen LogP contribution in [0.1, 0.15) is 19.3 Å². The maximum absolute atomic E-state index is 5.72. The molecule has 2 rings (SSSR count). The van der Waals surface area contributed by atoms with Crippen molar-refractivity contribution in [3.05, 3.63) is 12.4 Å². The molecule has 1 fully saturated rings. The fraction of sp³-hybridized carbons (Fsp3) is 0.636. The van der Waals surface area contributed by atoms with Crippen LogP contribution in [-0.2, 0) is 0 Å². The van der Waals surface area contributed by atoms with Crippen molar-refractivity contribution >= 4 is 17.6 Å². The zero-order chi connectivity index (χ0) is 11.2. The third-order valence-electron chi connectivity index (χ3n) is 2.75. The highest BCUT2D eigenvalue weighted by atomic mass is 32.2. The van der Waals surface area contributed by atoms with Crippen molar-refractivity contribution < 1.29 is 0 Å². The van der Waals surface area contributed by atoms with Gasteiger partial charge in [0, 0.05) is 18.1 Å². The molecule has 1 aromatic rings. The molecule has 5 heteroatoms. The fourth-order valence-corrected chi connectivity index (χ4v) is 2.71. The van der Waals surface area contributed by atoms with Gasteiger partial charge in [0.15, 0.2) is 5.82 Å². The van der Waals surface area contributed by atoms with Gasteiger partial charge >= 0.3 is 0 Å². The first kappa shape index (κ1) is 11.7. The minimum absolute atomic E-state index is 0.550. The highest BCUT2D eigenvalue weighted by molar-refractivity contribution is 7.99. The van der Waals surface area contributed by atoms with Crippen molar-refractivity contribution in [1.82, 2.24) is 14.9 Å². The summed E-state index contributed by atoms with van der Waals surface area (Å²) in [5.41, 5.74) is 5.72. The summed E-state index contributed by atoms with van der Waals surface area (Å²) in [5.74, 6) is 1.62. The van der Waals surface area contributed by atoms with Crippen LogP contribution in [0.25, 0.3) is 0 Å². The Hall–Kier alpha value is -0.810. The Kier molecular flexibility index (Phi) is 4.42. The van der Waals surface area contributed by atoms with Gasteiger partial charge in [-0.05, 0) is 38.9 Å². The molecule has 0 aromatic carbocycles. The van der Waals surface area contributed by atoms with E-state index >= 15 is 0 Å². The van der Waals surface area contributed by atoms with E-state index in [1.807, 2.05) is 0 Å². The summed E-state index contributed by atoms with van der Waals surface area (Å²) in [5, 5.41) is 0.865. The van der Waals surface area contributed by atoms with Gasteiger partial charge in [0.1, 0.15) is 5.03 Å². The van der Waals surface area contributed by atoms with Crippen LogP contribution in [0.2, 0.25) is 0 Å². The van der Waals surface area contributed by atoms with Gasteiger partial charge in [-0.15, -0.1) is 11.8 Å². The van der Waals surface area contributed by atoms with Crippen molar-refractivity contribution in [1.29, 1.82) is 0 Å². The van der Waals surface area contributed by atoms with Crippen LogP contribution in [0.4, 0.5) is 5.82 Å². The number of nitrogens with zero attached hydrogens (tertiary/aromatic N) is 3. The summed E-state index contributed by atoms with van der Waals surface area (Å²) in [4.78, 5) is 10.8. The highest BCUT2D eigenvalue weighted by Gasteiger charge is 2.10. The summed E-state index contributed by atoms with van der Waals surface area (Å²) in [6.07, 6.45) is 7.25. The molecule has 0 unspecified atom stereocenters. The third-order valence-corrected chi connectivity index (χ3v) is 3.83. The number of thioether (sulfide) groups is 1. The number of rotatable bonds is 5. The van der Waals surface area contributed by atoms with E-state index in [2.05, 4.69) is 14.9 Å². The van der Waals surface area contributed by atoms with Crippen molar-refractivity contribution in [2.75, 3.05) is 31.1 Å². The Morgan fingerprint density at radius 3 is 2.75 bits per heavy atom. The van der Waals surface area contributed by atoms with E-state index in [0.717, 1.165) is 10.8 Å². The first-order valence-corrected chi connectivity index (χ1v) is 6.76. The average Bonchev–Trinajstić information content (AvgIpc) is 2.79. The van der Waals surface area contributed by atoms with Crippen LogP contribution in [0.15, 0.2) is 17.4 Å². The molecule has 2 heterocycles. The second kappa shape index (κ2) is 6.06. The smallest absolute Gasteiger partial charge is 0.156 e. The molecule has 1 aromatic heterocycles. The third kappa shape index (κ3) is 3.35. The predicted molar refractivity (Wildman–Crippen MR) is 67.5 cm³/mol. The van der Waals surface area contributed by atoms with Gasteiger partial charge in [0.05, 0.1) is 0 Å². The van der Waals surface area contributed by atoms with Gasteiger partial charge in [-0.2, -0.15) is 0 Å². The number of anilines is 1. The summed E-state index contributed by atoms with van der Waals surface area (Å²) >= 11 is 1.71. The molecule has 0 saturated carbocycles. The van der Waals surface area contributed by atoms with E-state index in [0.29, 0.717) is 5.82 Å². The minimum atomic E-state index is 0.550. The molecule has 0 bridgehead atoms. The molecular weight excluding hydrogens is 220 g/mol. The molecule has 4 nitrogen and oxygen atoms in total. The topological polar surface area (TPSA) is 55.0 Å². The summed E-state index contributed by atoms with van der Waals surface area (Å²) in [6, 6.07) is 0. The molecule has 88 valence electrons. The quantitative estimate of drug-likeness (QED) is 0.624. The van der Waals surface area contributed by atoms with Crippen LogP contribution >= 0.6 is 11.8 Å². The van der Waals surface area contributed by atoms with Crippen molar-refractivity contribution in [3.8, 4) is 0 Å². The second-order valence-corrected chi connectivity index (χ2v) is 5.08. The van der Waals surface area contributed by atoms with Gasteiger partial charge in [0.25, 0.3) is 0 Å². The summed E-state index contributed by atoms with van der Waals surface area (Å²) in [7, 11) is 0. The normalized spacial score (nSPS) is 16.8. The highest BCUT2D eigenvalue weighted by Crippen LogP contribution is 2.20. The van der Waals surface area contributed by atoms with Gasteiger partial charge in [-0.3, -0.25) is 0 Å². The van der Waals surface area contributed by atoms with Crippen LogP contribution in [0.3, 0.4) is 0 Å². The lowest BCUT2D eigenvalue weighted by Crippen LogP contribution is -2.20. The van der Waals surface area contributed by atoms with E-state index in [1.165, 1.54) is 38.9 Å². The largest absolute Gasteiger partial charge is 0.381 e. The number of nitrogens with two attached hydrogens (primary N) is 1. The number of nitrogen functional groups attached to an aromatic ring is 1. The molecule has 0 amide bonds. The molecule has 0 spiro atoms. The van der Waals surface area contributed by atoms with Crippen LogP contribution in [-0.4, -0.2) is 40.3 Å². The van der Waals surface area contributed by atoms with E-state index in [9.17, 15) is 0 Å². The van der Waals surface area contributed by atoms with Crippen LogP contribution in [0.5, 0.6) is 0 Å². The lowest BCUT2D eigenvalue weighted by molar-refractivity contribution is 0.341. The Morgan fingerprint density at radius 2 is 2.00 bits per heavy atom. The van der Waals surface area contributed by atoms with Gasteiger partial charge < -0.3 is 10.6 Å². The lowest BCUT2D eigenvalue weighted by atomic mass is 10.4. The second-order valence-electron chi connectivity index (χ2n) is 4.00.